The molecule has 2 N–H and O–H groups in total. The molecule has 0 aromatic carbocycles. The number of aliphatic hydroxyl groups excluding tert-OH is 1. The molecule has 5 nitrogen and oxygen atoms in total. The van der Waals surface area contributed by atoms with Crippen molar-refractivity contribution in [3.63, 3.8) is 0 Å². The Kier molecular flexibility index (Phi) is 6.45. The number of amides is 1. The summed E-state index contributed by atoms with van der Waals surface area (Å²) in [6, 6.07) is 3.67. The average molecular weight is 279 g/mol. The van der Waals surface area contributed by atoms with Crippen molar-refractivity contribution >= 4 is 11.6 Å². The van der Waals surface area contributed by atoms with Crippen LogP contribution in [-0.2, 0) is 4.79 Å². The maximum absolute atomic E-state index is 11.7. The number of pyridine rings is 1. The van der Waals surface area contributed by atoms with Crippen molar-refractivity contribution in [3.8, 4) is 0 Å². The Morgan fingerprint density at radius 2 is 2.15 bits per heavy atom. The van der Waals surface area contributed by atoms with Gasteiger partial charge in [-0.25, -0.2) is 0 Å². The third-order valence-electron chi connectivity index (χ3n) is 3.03. The van der Waals surface area contributed by atoms with Gasteiger partial charge < -0.3 is 15.3 Å². The third kappa shape index (κ3) is 5.17. The zero-order chi connectivity index (χ0) is 15.1. The Bertz CT molecular complexity index is 418. The van der Waals surface area contributed by atoms with E-state index in [4.69, 9.17) is 0 Å². The molecule has 1 heterocycles. The van der Waals surface area contributed by atoms with Crippen LogP contribution >= 0.6 is 0 Å². The van der Waals surface area contributed by atoms with Crippen molar-refractivity contribution < 1.29 is 9.90 Å². The Morgan fingerprint density at radius 1 is 1.45 bits per heavy atom. The summed E-state index contributed by atoms with van der Waals surface area (Å²) in [4.78, 5) is 17.8. The van der Waals surface area contributed by atoms with Gasteiger partial charge in [-0.2, -0.15) is 0 Å². The molecule has 0 fully saturated rings. The summed E-state index contributed by atoms with van der Waals surface area (Å²) in [5.74, 6) is 0.444. The van der Waals surface area contributed by atoms with Crippen LogP contribution in [0.15, 0.2) is 18.3 Å². The van der Waals surface area contributed by atoms with Gasteiger partial charge in [0.1, 0.15) is 0 Å². The first-order chi connectivity index (χ1) is 9.43. The largest absolute Gasteiger partial charge is 0.387 e. The Labute approximate surface area is 121 Å². The highest BCUT2D eigenvalue weighted by molar-refractivity contribution is 5.81. The van der Waals surface area contributed by atoms with Gasteiger partial charge in [-0.3, -0.25) is 9.78 Å². The second kappa shape index (κ2) is 7.85. The van der Waals surface area contributed by atoms with E-state index < -0.39 is 6.10 Å². The van der Waals surface area contributed by atoms with Crippen molar-refractivity contribution in [2.24, 2.45) is 5.92 Å². The molecule has 0 radical (unpaired) electrons. The fourth-order valence-electron chi connectivity index (χ4n) is 1.71. The normalized spacial score (nSPS) is 12.3. The van der Waals surface area contributed by atoms with Gasteiger partial charge in [0, 0.05) is 13.6 Å². The molecule has 5 heteroatoms. The Balaban J connectivity index is 2.55. The molecule has 1 aromatic rings. The van der Waals surface area contributed by atoms with Crippen molar-refractivity contribution in [3.05, 3.63) is 24.0 Å². The molecule has 0 aliphatic heterocycles. The highest BCUT2D eigenvalue weighted by atomic mass is 16.3. The maximum Gasteiger partial charge on any atom is 0.239 e. The van der Waals surface area contributed by atoms with Crippen LogP contribution in [0.5, 0.6) is 0 Å². The molecule has 112 valence electrons. The second-order valence-electron chi connectivity index (χ2n) is 5.42. The molecule has 20 heavy (non-hydrogen) atoms. The lowest BCUT2D eigenvalue weighted by molar-refractivity contribution is -0.119. The predicted octanol–water partition coefficient (Wildman–Crippen LogP) is 1.73. The van der Waals surface area contributed by atoms with Gasteiger partial charge in [0.25, 0.3) is 0 Å². The molecule has 1 aromatic heterocycles. The SMILES string of the molecule is CC[C@@H](O)c1ccc(N(C)CC(=O)NCC(C)C)cn1. The molecule has 1 atom stereocenters. The van der Waals surface area contributed by atoms with Crippen LogP contribution in [0.2, 0.25) is 0 Å². The molecule has 0 unspecified atom stereocenters. The number of rotatable bonds is 7. The number of anilines is 1. The van der Waals surface area contributed by atoms with Crippen LogP contribution < -0.4 is 10.2 Å². The van der Waals surface area contributed by atoms with Gasteiger partial charge in [0.15, 0.2) is 0 Å². The number of aromatic nitrogens is 1. The van der Waals surface area contributed by atoms with E-state index >= 15 is 0 Å². The summed E-state index contributed by atoms with van der Waals surface area (Å²) in [5.41, 5.74) is 1.52. The lowest BCUT2D eigenvalue weighted by Crippen LogP contribution is -2.36. The molecule has 0 saturated carbocycles. The third-order valence-corrected chi connectivity index (χ3v) is 3.03. The minimum Gasteiger partial charge on any atom is -0.387 e. The molecule has 1 amide bonds. The number of hydrogen-bond donors (Lipinski definition) is 2. The zero-order valence-corrected chi connectivity index (χ0v) is 12.8. The number of carbonyl (C=O) groups is 1. The number of hydrogen-bond acceptors (Lipinski definition) is 4. The Morgan fingerprint density at radius 3 is 2.65 bits per heavy atom. The maximum atomic E-state index is 11.7. The standard InChI is InChI=1S/C15H25N3O2/c1-5-14(19)13-7-6-12(9-16-13)18(4)10-15(20)17-8-11(2)3/h6-7,9,11,14,19H,5,8,10H2,1-4H3,(H,17,20)/t14-/m1/s1. The highest BCUT2D eigenvalue weighted by Crippen LogP contribution is 2.17. The minimum absolute atomic E-state index is 0.00105. The van der Waals surface area contributed by atoms with Crippen LogP contribution in [0.4, 0.5) is 5.69 Å². The lowest BCUT2D eigenvalue weighted by atomic mass is 10.2. The summed E-state index contributed by atoms with van der Waals surface area (Å²) >= 11 is 0. The molecule has 0 aliphatic carbocycles. The average Bonchev–Trinajstić information content (AvgIpc) is 2.44. The number of nitrogens with zero attached hydrogens (tertiary/aromatic N) is 2. The zero-order valence-electron chi connectivity index (χ0n) is 12.8. The van der Waals surface area contributed by atoms with Gasteiger partial charge in [-0.1, -0.05) is 20.8 Å². The molecule has 0 saturated heterocycles. The predicted molar refractivity (Wildman–Crippen MR) is 80.6 cm³/mol. The van der Waals surface area contributed by atoms with Crippen LogP contribution in [0.3, 0.4) is 0 Å². The molecule has 0 spiro atoms. The quantitative estimate of drug-likeness (QED) is 0.798. The lowest BCUT2D eigenvalue weighted by Gasteiger charge is -2.19. The van der Waals surface area contributed by atoms with E-state index in [2.05, 4.69) is 24.1 Å². The van der Waals surface area contributed by atoms with Crippen molar-refractivity contribution in [1.29, 1.82) is 0 Å². The van der Waals surface area contributed by atoms with Gasteiger partial charge >= 0.3 is 0 Å². The smallest absolute Gasteiger partial charge is 0.239 e. The van der Waals surface area contributed by atoms with Crippen LogP contribution in [0.1, 0.15) is 39.0 Å². The number of aliphatic hydroxyl groups is 1. The van der Waals surface area contributed by atoms with E-state index in [1.807, 2.05) is 24.9 Å². The number of likely N-dealkylation sites (N-methyl/N-ethyl adjacent to an activating group) is 1. The van der Waals surface area contributed by atoms with Gasteiger partial charge in [0.2, 0.25) is 5.91 Å². The van der Waals surface area contributed by atoms with Crippen LogP contribution in [0, 0.1) is 5.92 Å². The van der Waals surface area contributed by atoms with E-state index in [-0.39, 0.29) is 5.91 Å². The van der Waals surface area contributed by atoms with Crippen molar-refractivity contribution in [1.82, 2.24) is 10.3 Å². The molecular weight excluding hydrogens is 254 g/mol. The van der Waals surface area contributed by atoms with Gasteiger partial charge in [-0.15, -0.1) is 0 Å². The first kappa shape index (κ1) is 16.4. The summed E-state index contributed by atoms with van der Waals surface area (Å²) in [5, 5.41) is 12.6. The van der Waals surface area contributed by atoms with E-state index in [1.165, 1.54) is 0 Å². The van der Waals surface area contributed by atoms with Gasteiger partial charge in [-0.05, 0) is 24.5 Å². The summed E-state index contributed by atoms with van der Waals surface area (Å²) in [6.07, 6.45) is 1.80. The topological polar surface area (TPSA) is 65.5 Å². The first-order valence-electron chi connectivity index (χ1n) is 7.05. The summed E-state index contributed by atoms with van der Waals surface area (Å²) < 4.78 is 0. The molecule has 0 bridgehead atoms. The summed E-state index contributed by atoms with van der Waals surface area (Å²) in [7, 11) is 1.85. The van der Waals surface area contributed by atoms with Crippen molar-refractivity contribution in [2.75, 3.05) is 25.0 Å². The monoisotopic (exact) mass is 279 g/mol. The molecule has 1 rings (SSSR count). The van der Waals surface area contributed by atoms with E-state index in [0.29, 0.717) is 31.1 Å². The van der Waals surface area contributed by atoms with E-state index in [0.717, 1.165) is 5.69 Å². The Hall–Kier alpha value is -1.62. The molecular formula is C15H25N3O2. The minimum atomic E-state index is -0.524. The van der Waals surface area contributed by atoms with E-state index in [9.17, 15) is 9.90 Å². The number of nitrogens with one attached hydrogen (secondary N) is 1. The van der Waals surface area contributed by atoms with Gasteiger partial charge in [0.05, 0.1) is 30.2 Å². The fraction of sp³-hybridized carbons (Fsp3) is 0.600. The molecule has 0 aliphatic rings. The van der Waals surface area contributed by atoms with E-state index in [1.54, 1.807) is 12.3 Å². The second-order valence-corrected chi connectivity index (χ2v) is 5.42. The summed E-state index contributed by atoms with van der Waals surface area (Å²) in [6.45, 7) is 7.01. The highest BCUT2D eigenvalue weighted by Gasteiger charge is 2.10. The number of carbonyl (C=O) groups excluding carboxylic acids is 1. The van der Waals surface area contributed by atoms with Crippen LogP contribution in [-0.4, -0.2) is 36.1 Å². The van der Waals surface area contributed by atoms with Crippen molar-refractivity contribution in [2.45, 2.75) is 33.3 Å². The van der Waals surface area contributed by atoms with Crippen LogP contribution in [0.25, 0.3) is 0 Å². The fourth-order valence-corrected chi connectivity index (χ4v) is 1.71. The first-order valence-corrected chi connectivity index (χ1v) is 7.05.